The van der Waals surface area contributed by atoms with Crippen LogP contribution in [0.25, 0.3) is 0 Å². The van der Waals surface area contributed by atoms with Crippen LogP contribution < -0.4 is 10.2 Å². The predicted octanol–water partition coefficient (Wildman–Crippen LogP) is 1.44. The molecule has 1 amide bonds. The molecule has 124 valence electrons. The van der Waals surface area contributed by atoms with Crippen LogP contribution >= 0.6 is 0 Å². The van der Waals surface area contributed by atoms with E-state index in [-0.39, 0.29) is 6.61 Å². The second-order valence-corrected chi connectivity index (χ2v) is 5.92. The van der Waals surface area contributed by atoms with E-state index in [9.17, 15) is 26.4 Å². The van der Waals surface area contributed by atoms with Crippen LogP contribution in [0.15, 0.2) is 29.2 Å². The van der Waals surface area contributed by atoms with E-state index in [0.717, 1.165) is 18.2 Å². The quantitative estimate of drug-likeness (QED) is 0.768. The maximum absolute atomic E-state index is 12.8. The van der Waals surface area contributed by atoms with E-state index >= 15 is 0 Å². The normalized spacial score (nSPS) is 13.7. The minimum absolute atomic E-state index is 0.155. The van der Waals surface area contributed by atoms with Gasteiger partial charge in [0.25, 0.3) is 5.91 Å². The van der Waals surface area contributed by atoms with Crippen molar-refractivity contribution in [2.24, 2.45) is 0 Å². The van der Waals surface area contributed by atoms with Crippen molar-refractivity contribution in [2.75, 3.05) is 6.61 Å². The Labute approximate surface area is 125 Å². The molecule has 22 heavy (non-hydrogen) atoms. The Morgan fingerprint density at radius 3 is 2.45 bits per heavy atom. The van der Waals surface area contributed by atoms with E-state index in [4.69, 9.17) is 0 Å². The standard InChI is InChI=1S/C12H15F3N2O4S/c1-3-21-16-11(18)8(2)17-22(19,20)10-7-5-4-6-9(10)12(13,14)15/h4-8,17H,3H2,1-2H3,(H,16,18)/t8-/m0/s1. The average Bonchev–Trinajstić information content (AvgIpc) is 2.43. The summed E-state index contributed by atoms with van der Waals surface area (Å²) in [5.74, 6) is -0.824. The van der Waals surface area contributed by atoms with Crippen LogP contribution in [-0.4, -0.2) is 27.0 Å². The fourth-order valence-corrected chi connectivity index (χ4v) is 2.95. The zero-order valence-electron chi connectivity index (χ0n) is 11.8. The summed E-state index contributed by atoms with van der Waals surface area (Å²) in [6, 6.07) is 2.40. The van der Waals surface area contributed by atoms with Crippen LogP contribution in [0.3, 0.4) is 0 Å². The maximum Gasteiger partial charge on any atom is 0.417 e. The van der Waals surface area contributed by atoms with Crippen molar-refractivity contribution in [3.05, 3.63) is 29.8 Å². The van der Waals surface area contributed by atoms with Gasteiger partial charge < -0.3 is 0 Å². The van der Waals surface area contributed by atoms with Gasteiger partial charge in [-0.15, -0.1) is 0 Å². The topological polar surface area (TPSA) is 84.5 Å². The number of hydrogen-bond donors (Lipinski definition) is 2. The zero-order chi connectivity index (χ0) is 17.0. The summed E-state index contributed by atoms with van der Waals surface area (Å²) in [5, 5.41) is 0. The third-order valence-corrected chi connectivity index (χ3v) is 4.12. The number of carbonyl (C=O) groups is 1. The molecule has 1 rings (SSSR count). The first-order valence-corrected chi connectivity index (χ1v) is 7.68. The minimum atomic E-state index is -4.83. The van der Waals surface area contributed by atoms with Gasteiger partial charge in [0.15, 0.2) is 0 Å². The summed E-state index contributed by atoms with van der Waals surface area (Å²) in [6.07, 6.45) is -4.83. The van der Waals surface area contributed by atoms with Gasteiger partial charge in [-0.3, -0.25) is 9.63 Å². The molecule has 1 atom stereocenters. The summed E-state index contributed by atoms with van der Waals surface area (Å²) in [5.41, 5.74) is 0.657. The molecular formula is C12H15F3N2O4S. The highest BCUT2D eigenvalue weighted by Crippen LogP contribution is 2.33. The fraction of sp³-hybridized carbons (Fsp3) is 0.417. The van der Waals surface area contributed by atoms with Crippen molar-refractivity contribution >= 4 is 15.9 Å². The molecule has 1 aromatic carbocycles. The van der Waals surface area contributed by atoms with Crippen LogP contribution in [-0.2, 0) is 25.8 Å². The summed E-state index contributed by atoms with van der Waals surface area (Å²) in [6.45, 7) is 2.93. The second kappa shape index (κ2) is 7.07. The SMILES string of the molecule is CCONC(=O)[C@H](C)NS(=O)(=O)c1ccccc1C(F)(F)F. The number of halogens is 3. The largest absolute Gasteiger partial charge is 0.417 e. The molecule has 2 N–H and O–H groups in total. The lowest BCUT2D eigenvalue weighted by Gasteiger charge is -2.17. The molecule has 1 aromatic rings. The van der Waals surface area contributed by atoms with Gasteiger partial charge in [0.05, 0.1) is 17.1 Å². The molecule has 0 radical (unpaired) electrons. The monoisotopic (exact) mass is 340 g/mol. The molecule has 0 aromatic heterocycles. The first-order chi connectivity index (χ1) is 10.1. The van der Waals surface area contributed by atoms with Crippen LogP contribution in [0.1, 0.15) is 19.4 Å². The first-order valence-electron chi connectivity index (χ1n) is 6.19. The van der Waals surface area contributed by atoms with Crippen molar-refractivity contribution in [3.8, 4) is 0 Å². The number of hydroxylamine groups is 1. The van der Waals surface area contributed by atoms with Crippen LogP contribution in [0.5, 0.6) is 0 Å². The van der Waals surface area contributed by atoms with Gasteiger partial charge in [0, 0.05) is 0 Å². The van der Waals surface area contributed by atoms with Crippen molar-refractivity contribution in [2.45, 2.75) is 31.0 Å². The number of alkyl halides is 3. The van der Waals surface area contributed by atoms with E-state index in [1.54, 1.807) is 6.92 Å². The molecule has 0 saturated carbocycles. The molecular weight excluding hydrogens is 325 g/mol. The van der Waals surface area contributed by atoms with Crippen molar-refractivity contribution in [3.63, 3.8) is 0 Å². The number of hydrogen-bond acceptors (Lipinski definition) is 4. The Kier molecular flexibility index (Phi) is 5.92. The molecule has 10 heteroatoms. The Morgan fingerprint density at radius 1 is 1.32 bits per heavy atom. The first kappa shape index (κ1) is 18.4. The lowest BCUT2D eigenvalue weighted by atomic mass is 10.2. The number of benzene rings is 1. The molecule has 0 heterocycles. The third-order valence-electron chi connectivity index (χ3n) is 2.52. The highest BCUT2D eigenvalue weighted by atomic mass is 32.2. The second-order valence-electron chi connectivity index (χ2n) is 4.24. The molecule has 6 nitrogen and oxygen atoms in total. The van der Waals surface area contributed by atoms with E-state index in [1.165, 1.54) is 6.92 Å². The summed E-state index contributed by atoms with van der Waals surface area (Å²) in [4.78, 5) is 15.2. The number of nitrogens with one attached hydrogen (secondary N) is 2. The molecule has 0 aliphatic rings. The molecule has 0 saturated heterocycles. The van der Waals surface area contributed by atoms with E-state index < -0.39 is 38.6 Å². The van der Waals surface area contributed by atoms with Gasteiger partial charge in [-0.2, -0.15) is 17.9 Å². The van der Waals surface area contributed by atoms with Crippen LogP contribution in [0.4, 0.5) is 13.2 Å². The maximum atomic E-state index is 12.8. The molecule has 0 aliphatic heterocycles. The number of rotatable bonds is 6. The summed E-state index contributed by atoms with van der Waals surface area (Å²) < 4.78 is 64.5. The lowest BCUT2D eigenvalue weighted by Crippen LogP contribution is -2.45. The van der Waals surface area contributed by atoms with Gasteiger partial charge in [0.2, 0.25) is 10.0 Å². The Morgan fingerprint density at radius 2 is 1.91 bits per heavy atom. The van der Waals surface area contributed by atoms with E-state index in [2.05, 4.69) is 4.84 Å². The lowest BCUT2D eigenvalue weighted by molar-refractivity contribution is -0.139. The van der Waals surface area contributed by atoms with E-state index in [0.29, 0.717) is 6.07 Å². The summed E-state index contributed by atoms with van der Waals surface area (Å²) in [7, 11) is -4.53. The minimum Gasteiger partial charge on any atom is -0.274 e. The van der Waals surface area contributed by atoms with E-state index in [1.807, 2.05) is 10.2 Å². The highest BCUT2D eigenvalue weighted by Gasteiger charge is 2.37. The highest BCUT2D eigenvalue weighted by molar-refractivity contribution is 7.89. The Bertz CT molecular complexity index is 632. The van der Waals surface area contributed by atoms with Gasteiger partial charge in [-0.25, -0.2) is 13.9 Å². The molecule has 0 fully saturated rings. The van der Waals surface area contributed by atoms with Crippen molar-refractivity contribution in [1.29, 1.82) is 0 Å². The van der Waals surface area contributed by atoms with Crippen molar-refractivity contribution in [1.82, 2.24) is 10.2 Å². The Hall–Kier alpha value is -1.65. The zero-order valence-corrected chi connectivity index (χ0v) is 12.6. The Balaban J connectivity index is 3.04. The van der Waals surface area contributed by atoms with Crippen LogP contribution in [0, 0.1) is 0 Å². The molecule has 0 spiro atoms. The summed E-state index contributed by atoms with van der Waals surface area (Å²) >= 11 is 0. The number of amides is 1. The van der Waals surface area contributed by atoms with Crippen LogP contribution in [0.2, 0.25) is 0 Å². The number of sulfonamides is 1. The van der Waals surface area contributed by atoms with Gasteiger partial charge in [-0.05, 0) is 26.0 Å². The fourth-order valence-electron chi connectivity index (χ4n) is 1.52. The van der Waals surface area contributed by atoms with Gasteiger partial charge in [0.1, 0.15) is 6.04 Å². The molecule has 0 bridgehead atoms. The smallest absolute Gasteiger partial charge is 0.274 e. The molecule has 0 aliphatic carbocycles. The average molecular weight is 340 g/mol. The molecule has 0 unspecified atom stereocenters. The number of carbonyl (C=O) groups excluding carboxylic acids is 1. The predicted molar refractivity (Wildman–Crippen MR) is 71.0 cm³/mol. The van der Waals surface area contributed by atoms with Gasteiger partial charge >= 0.3 is 6.18 Å². The van der Waals surface area contributed by atoms with Gasteiger partial charge in [-0.1, -0.05) is 12.1 Å². The third kappa shape index (κ3) is 4.68. The van der Waals surface area contributed by atoms with Crippen molar-refractivity contribution < 1.29 is 31.2 Å².